The summed E-state index contributed by atoms with van der Waals surface area (Å²) in [5.41, 5.74) is 0.566. The SMILES string of the molecule is CN(CCC1COC1)CC1(N(C=O)CC2CC2)CC(c2cccc(F)c2)(N(C)C)C1. The number of hydrogen-bond acceptors (Lipinski definition) is 4. The maximum absolute atomic E-state index is 14.0. The van der Waals surface area contributed by atoms with Crippen molar-refractivity contribution in [2.24, 2.45) is 11.8 Å². The highest BCUT2D eigenvalue weighted by molar-refractivity contribution is 5.51. The Hall–Kier alpha value is -1.50. The van der Waals surface area contributed by atoms with Crippen LogP contribution in [0.15, 0.2) is 24.3 Å². The summed E-state index contributed by atoms with van der Waals surface area (Å²) in [7, 11) is 6.31. The summed E-state index contributed by atoms with van der Waals surface area (Å²) >= 11 is 0. The van der Waals surface area contributed by atoms with Gasteiger partial charge in [0.15, 0.2) is 0 Å². The van der Waals surface area contributed by atoms with Gasteiger partial charge in [-0.25, -0.2) is 4.39 Å². The van der Waals surface area contributed by atoms with Gasteiger partial charge in [-0.1, -0.05) is 12.1 Å². The molecule has 1 aliphatic heterocycles. The fourth-order valence-corrected chi connectivity index (χ4v) is 5.36. The van der Waals surface area contributed by atoms with Crippen molar-refractivity contribution < 1.29 is 13.9 Å². The van der Waals surface area contributed by atoms with Crippen LogP contribution in [-0.2, 0) is 15.1 Å². The van der Waals surface area contributed by atoms with Crippen LogP contribution in [0, 0.1) is 17.7 Å². The van der Waals surface area contributed by atoms with Crippen LogP contribution in [0.2, 0.25) is 0 Å². The molecule has 1 aromatic rings. The summed E-state index contributed by atoms with van der Waals surface area (Å²) in [5, 5.41) is 0. The first-order valence-electron chi connectivity index (χ1n) is 11.3. The van der Waals surface area contributed by atoms with Crippen LogP contribution in [0.5, 0.6) is 0 Å². The molecule has 1 aromatic carbocycles. The quantitative estimate of drug-likeness (QED) is 0.519. The number of nitrogens with zero attached hydrogens (tertiary/aromatic N) is 3. The molecule has 1 amide bonds. The molecular formula is C24H36FN3O2. The minimum Gasteiger partial charge on any atom is -0.381 e. The molecule has 30 heavy (non-hydrogen) atoms. The Morgan fingerprint density at radius 3 is 2.43 bits per heavy atom. The third-order valence-corrected chi connectivity index (χ3v) is 7.54. The Labute approximate surface area is 180 Å². The minimum absolute atomic E-state index is 0.198. The molecule has 1 heterocycles. The zero-order chi connectivity index (χ0) is 21.4. The second-order valence-corrected chi connectivity index (χ2v) is 10.1. The van der Waals surface area contributed by atoms with E-state index in [1.807, 2.05) is 6.07 Å². The van der Waals surface area contributed by atoms with E-state index in [9.17, 15) is 9.18 Å². The molecule has 0 radical (unpaired) electrons. The Balaban J connectivity index is 1.54. The van der Waals surface area contributed by atoms with Crippen molar-refractivity contribution in [1.82, 2.24) is 14.7 Å². The molecule has 3 fully saturated rings. The molecule has 6 heteroatoms. The lowest BCUT2D eigenvalue weighted by Gasteiger charge is -2.63. The van der Waals surface area contributed by atoms with Crippen molar-refractivity contribution in [2.75, 3.05) is 54.0 Å². The van der Waals surface area contributed by atoms with Crippen LogP contribution in [0.4, 0.5) is 4.39 Å². The summed E-state index contributed by atoms with van der Waals surface area (Å²) in [6.45, 7) is 4.48. The molecular weight excluding hydrogens is 381 g/mol. The number of benzene rings is 1. The van der Waals surface area contributed by atoms with Gasteiger partial charge < -0.3 is 14.5 Å². The Kier molecular flexibility index (Phi) is 6.20. The Morgan fingerprint density at radius 2 is 1.90 bits per heavy atom. The fraction of sp³-hybridized carbons (Fsp3) is 0.708. The van der Waals surface area contributed by atoms with Gasteiger partial charge in [0, 0.05) is 19.0 Å². The highest BCUT2D eigenvalue weighted by Crippen LogP contribution is 2.55. The Bertz CT molecular complexity index is 742. The average molecular weight is 418 g/mol. The monoisotopic (exact) mass is 417 g/mol. The number of rotatable bonds is 11. The van der Waals surface area contributed by atoms with Crippen molar-refractivity contribution in [3.05, 3.63) is 35.6 Å². The molecule has 2 saturated carbocycles. The highest BCUT2D eigenvalue weighted by Gasteiger charge is 2.60. The molecule has 0 spiro atoms. The van der Waals surface area contributed by atoms with Gasteiger partial charge in [0.25, 0.3) is 0 Å². The maximum atomic E-state index is 14.0. The number of carbonyl (C=O) groups is 1. The van der Waals surface area contributed by atoms with E-state index in [0.717, 1.165) is 64.1 Å². The van der Waals surface area contributed by atoms with Crippen LogP contribution in [0.25, 0.3) is 0 Å². The van der Waals surface area contributed by atoms with Crippen molar-refractivity contribution in [3.8, 4) is 0 Å². The number of ether oxygens (including phenoxy) is 1. The van der Waals surface area contributed by atoms with E-state index in [4.69, 9.17) is 4.74 Å². The van der Waals surface area contributed by atoms with E-state index in [1.165, 1.54) is 18.9 Å². The first kappa shape index (κ1) is 21.7. The molecule has 3 aliphatic rings. The summed E-state index contributed by atoms with van der Waals surface area (Å²) in [6, 6.07) is 6.99. The number of hydrogen-bond donors (Lipinski definition) is 0. The third kappa shape index (κ3) is 4.27. The third-order valence-electron chi connectivity index (χ3n) is 7.54. The first-order chi connectivity index (χ1) is 14.4. The van der Waals surface area contributed by atoms with Crippen LogP contribution >= 0.6 is 0 Å². The molecule has 0 unspecified atom stereocenters. The van der Waals surface area contributed by atoms with Crippen molar-refractivity contribution in [1.29, 1.82) is 0 Å². The van der Waals surface area contributed by atoms with E-state index in [0.29, 0.717) is 11.8 Å². The highest BCUT2D eigenvalue weighted by atomic mass is 19.1. The average Bonchev–Trinajstić information content (AvgIpc) is 3.45. The lowest BCUT2D eigenvalue weighted by atomic mass is 9.58. The number of likely N-dealkylation sites (N-methyl/N-ethyl adjacent to an activating group) is 1. The molecule has 4 rings (SSSR count). The summed E-state index contributed by atoms with van der Waals surface area (Å²) in [4.78, 5) is 18.9. The van der Waals surface area contributed by atoms with Gasteiger partial charge in [-0.3, -0.25) is 9.69 Å². The van der Waals surface area contributed by atoms with Crippen LogP contribution in [0.1, 0.15) is 37.7 Å². The molecule has 2 aliphatic carbocycles. The van der Waals surface area contributed by atoms with Crippen molar-refractivity contribution in [3.63, 3.8) is 0 Å². The summed E-state index contributed by atoms with van der Waals surface area (Å²) in [5.74, 6) is 1.12. The Morgan fingerprint density at radius 1 is 1.17 bits per heavy atom. The van der Waals surface area contributed by atoms with E-state index < -0.39 is 0 Å². The summed E-state index contributed by atoms with van der Waals surface area (Å²) in [6.07, 6.45) is 6.31. The van der Waals surface area contributed by atoms with Gasteiger partial charge in [-0.05, 0) is 83.4 Å². The first-order valence-corrected chi connectivity index (χ1v) is 11.3. The van der Waals surface area contributed by atoms with E-state index in [2.05, 4.69) is 35.8 Å². The van der Waals surface area contributed by atoms with Gasteiger partial charge in [0.2, 0.25) is 6.41 Å². The second-order valence-electron chi connectivity index (χ2n) is 10.1. The molecule has 0 N–H and O–H groups in total. The molecule has 166 valence electrons. The van der Waals surface area contributed by atoms with Crippen LogP contribution < -0.4 is 0 Å². The van der Waals surface area contributed by atoms with E-state index in [1.54, 1.807) is 12.1 Å². The fourth-order valence-electron chi connectivity index (χ4n) is 5.36. The van der Waals surface area contributed by atoms with Gasteiger partial charge in [-0.2, -0.15) is 0 Å². The molecule has 5 nitrogen and oxygen atoms in total. The summed E-state index contributed by atoms with van der Waals surface area (Å²) < 4.78 is 19.4. The van der Waals surface area contributed by atoms with Gasteiger partial charge in [0.05, 0.1) is 24.3 Å². The van der Waals surface area contributed by atoms with Gasteiger partial charge in [0.1, 0.15) is 5.82 Å². The van der Waals surface area contributed by atoms with Crippen molar-refractivity contribution >= 4 is 6.41 Å². The normalized spacial score (nSPS) is 29.0. The zero-order valence-corrected chi connectivity index (χ0v) is 18.6. The zero-order valence-electron chi connectivity index (χ0n) is 18.6. The number of halogens is 1. The van der Waals surface area contributed by atoms with Crippen molar-refractivity contribution in [2.45, 2.75) is 43.2 Å². The van der Waals surface area contributed by atoms with Crippen LogP contribution in [0.3, 0.4) is 0 Å². The minimum atomic E-state index is -0.241. The molecule has 0 bridgehead atoms. The molecule has 1 saturated heterocycles. The van der Waals surface area contributed by atoms with Crippen LogP contribution in [-0.4, -0.2) is 80.6 Å². The number of carbonyl (C=O) groups excluding carboxylic acids is 1. The second kappa shape index (κ2) is 8.56. The predicted molar refractivity (Wildman–Crippen MR) is 116 cm³/mol. The van der Waals surface area contributed by atoms with E-state index >= 15 is 0 Å². The van der Waals surface area contributed by atoms with Gasteiger partial charge >= 0.3 is 0 Å². The molecule has 0 aromatic heterocycles. The predicted octanol–water partition coefficient (Wildman–Crippen LogP) is 2.95. The lowest BCUT2D eigenvalue weighted by molar-refractivity contribution is -0.146. The molecule has 0 atom stereocenters. The number of amides is 1. The smallest absolute Gasteiger partial charge is 0.210 e. The lowest BCUT2D eigenvalue weighted by Crippen LogP contribution is -2.71. The van der Waals surface area contributed by atoms with E-state index in [-0.39, 0.29) is 16.9 Å². The maximum Gasteiger partial charge on any atom is 0.210 e. The topological polar surface area (TPSA) is 36.0 Å². The van der Waals surface area contributed by atoms with Gasteiger partial charge in [-0.15, -0.1) is 0 Å². The standard InChI is InChI=1S/C24H36FN3O2/c1-26(2)24(21-5-4-6-22(25)11-21)15-23(16-24,28(18-29)12-19-7-8-19)17-27(3)10-9-20-13-30-14-20/h4-6,11,18-20H,7-10,12-17H2,1-3H3. The largest absolute Gasteiger partial charge is 0.381 e.